The van der Waals surface area contributed by atoms with Gasteiger partial charge < -0.3 is 9.47 Å². The molecule has 8 heavy (non-hydrogen) atoms. The van der Waals surface area contributed by atoms with Gasteiger partial charge in [-0.05, 0) is 6.42 Å². The number of hydrogen-bond donors (Lipinski definition) is 0. The summed E-state index contributed by atoms with van der Waals surface area (Å²) in [5.41, 5.74) is 0. The van der Waals surface area contributed by atoms with Gasteiger partial charge in [0.15, 0.2) is 0 Å². The Labute approximate surface area is 47.6 Å². The van der Waals surface area contributed by atoms with Gasteiger partial charge in [-0.15, -0.1) is 0 Å². The molecule has 3 nitrogen and oxygen atoms in total. The third kappa shape index (κ3) is 0.911. The van der Waals surface area contributed by atoms with Crippen molar-refractivity contribution in [3.8, 4) is 0 Å². The van der Waals surface area contributed by atoms with E-state index in [9.17, 15) is 4.79 Å². The summed E-state index contributed by atoms with van der Waals surface area (Å²) in [6, 6.07) is 0. The molecular weight excluding hydrogens is 108 g/mol. The van der Waals surface area contributed by atoms with Crippen LogP contribution in [-0.2, 0) is 9.47 Å². The molecule has 1 heterocycles. The van der Waals surface area contributed by atoms with Crippen LogP contribution in [0.5, 0.6) is 0 Å². The molecule has 1 unspecified atom stereocenters. The minimum absolute atomic E-state index is 0.00231. The fraction of sp³-hybridized carbons (Fsp3) is 0.800. The minimum Gasteiger partial charge on any atom is -0.430 e. The largest absolute Gasteiger partial charge is 0.508 e. The van der Waals surface area contributed by atoms with Gasteiger partial charge in [0.2, 0.25) is 0 Å². The van der Waals surface area contributed by atoms with Crippen molar-refractivity contribution < 1.29 is 14.3 Å². The van der Waals surface area contributed by atoms with Crippen LogP contribution < -0.4 is 0 Å². The quantitative estimate of drug-likeness (QED) is 0.478. The maximum Gasteiger partial charge on any atom is 0.508 e. The molecule has 0 aromatic rings. The van der Waals surface area contributed by atoms with E-state index in [0.29, 0.717) is 6.61 Å². The molecule has 0 saturated carbocycles. The zero-order chi connectivity index (χ0) is 5.98. The van der Waals surface area contributed by atoms with Crippen LogP contribution in [0.1, 0.15) is 13.3 Å². The topological polar surface area (TPSA) is 35.5 Å². The Balaban J connectivity index is 2.32. The number of carbonyl (C=O) groups is 1. The fourth-order valence-electron chi connectivity index (χ4n) is 0.566. The van der Waals surface area contributed by atoms with Crippen molar-refractivity contribution in [1.82, 2.24) is 0 Å². The Bertz CT molecular complexity index is 99.8. The van der Waals surface area contributed by atoms with Crippen LogP contribution in [0.3, 0.4) is 0 Å². The molecule has 0 aromatic carbocycles. The molecule has 1 aliphatic rings. The molecule has 0 amide bonds. The van der Waals surface area contributed by atoms with Gasteiger partial charge in [-0.3, -0.25) is 0 Å². The molecule has 0 bridgehead atoms. The summed E-state index contributed by atoms with van der Waals surface area (Å²) >= 11 is 0. The van der Waals surface area contributed by atoms with Crippen LogP contribution in [0.2, 0.25) is 0 Å². The molecular formula is C5H8O3. The molecule has 3 heteroatoms. The van der Waals surface area contributed by atoms with Crippen molar-refractivity contribution in [2.75, 3.05) is 6.61 Å². The van der Waals surface area contributed by atoms with Crippen molar-refractivity contribution >= 4 is 6.16 Å². The first-order chi connectivity index (χ1) is 3.83. The Morgan fingerprint density at radius 2 is 2.62 bits per heavy atom. The number of hydrogen-bond acceptors (Lipinski definition) is 3. The van der Waals surface area contributed by atoms with Crippen molar-refractivity contribution in [1.29, 1.82) is 0 Å². The first-order valence-corrected chi connectivity index (χ1v) is 2.66. The predicted molar refractivity (Wildman–Crippen MR) is 26.5 cm³/mol. The summed E-state index contributed by atoms with van der Waals surface area (Å²) in [6.45, 7) is 2.38. The summed E-state index contributed by atoms with van der Waals surface area (Å²) in [5.74, 6) is 0. The van der Waals surface area contributed by atoms with Crippen LogP contribution >= 0.6 is 0 Å². The lowest BCUT2D eigenvalue weighted by Gasteiger charge is -1.97. The number of rotatable bonds is 1. The van der Waals surface area contributed by atoms with Gasteiger partial charge in [0, 0.05) is 0 Å². The standard InChI is InChI=1S/C5H8O3/c1-2-4-3-7-5(6)8-4/h4H,2-3H2,1H3. The van der Waals surface area contributed by atoms with E-state index in [1.54, 1.807) is 0 Å². The summed E-state index contributed by atoms with van der Waals surface area (Å²) in [6.07, 6.45) is 0.311. The average molecular weight is 116 g/mol. The highest BCUT2D eigenvalue weighted by Gasteiger charge is 2.22. The van der Waals surface area contributed by atoms with E-state index in [1.807, 2.05) is 6.92 Å². The molecule has 1 rings (SSSR count). The van der Waals surface area contributed by atoms with Gasteiger partial charge >= 0.3 is 6.16 Å². The van der Waals surface area contributed by atoms with Crippen molar-refractivity contribution in [2.45, 2.75) is 19.4 Å². The van der Waals surface area contributed by atoms with E-state index in [-0.39, 0.29) is 6.10 Å². The lowest BCUT2D eigenvalue weighted by Crippen LogP contribution is -2.06. The van der Waals surface area contributed by atoms with Crippen LogP contribution in [-0.4, -0.2) is 18.9 Å². The molecule has 1 atom stereocenters. The predicted octanol–water partition coefficient (Wildman–Crippen LogP) is 0.932. The molecule has 1 aliphatic heterocycles. The highest BCUT2D eigenvalue weighted by Crippen LogP contribution is 2.07. The van der Waals surface area contributed by atoms with E-state index in [2.05, 4.69) is 9.47 Å². The van der Waals surface area contributed by atoms with Gasteiger partial charge in [-0.25, -0.2) is 4.79 Å². The second-order valence-electron chi connectivity index (χ2n) is 1.71. The molecule has 0 spiro atoms. The van der Waals surface area contributed by atoms with E-state index >= 15 is 0 Å². The summed E-state index contributed by atoms with van der Waals surface area (Å²) in [5, 5.41) is 0. The summed E-state index contributed by atoms with van der Waals surface area (Å²) in [7, 11) is 0. The highest BCUT2D eigenvalue weighted by atomic mass is 16.8. The zero-order valence-electron chi connectivity index (χ0n) is 4.72. The maximum absolute atomic E-state index is 10.2. The Kier molecular flexibility index (Phi) is 1.37. The second kappa shape index (κ2) is 2.03. The highest BCUT2D eigenvalue weighted by molar-refractivity contribution is 5.61. The van der Waals surface area contributed by atoms with Gasteiger partial charge in [-0.1, -0.05) is 6.92 Å². The molecule has 0 radical (unpaired) electrons. The minimum atomic E-state index is -0.531. The monoisotopic (exact) mass is 116 g/mol. The third-order valence-corrected chi connectivity index (χ3v) is 1.11. The Morgan fingerprint density at radius 3 is 2.88 bits per heavy atom. The Morgan fingerprint density at radius 1 is 1.88 bits per heavy atom. The number of cyclic esters (lactones) is 2. The van der Waals surface area contributed by atoms with E-state index < -0.39 is 6.16 Å². The SMILES string of the molecule is CCC1COC(=O)O1. The Hall–Kier alpha value is -0.730. The normalized spacial score (nSPS) is 27.1. The first kappa shape index (κ1) is 5.41. The molecule has 0 aliphatic carbocycles. The van der Waals surface area contributed by atoms with Gasteiger partial charge in [0.1, 0.15) is 12.7 Å². The van der Waals surface area contributed by atoms with Crippen LogP contribution in [0.15, 0.2) is 0 Å². The van der Waals surface area contributed by atoms with Gasteiger partial charge in [0.05, 0.1) is 0 Å². The fourth-order valence-corrected chi connectivity index (χ4v) is 0.566. The van der Waals surface area contributed by atoms with Crippen LogP contribution in [0.4, 0.5) is 4.79 Å². The van der Waals surface area contributed by atoms with Gasteiger partial charge in [-0.2, -0.15) is 0 Å². The van der Waals surface area contributed by atoms with Crippen molar-refractivity contribution in [2.24, 2.45) is 0 Å². The maximum atomic E-state index is 10.2. The van der Waals surface area contributed by atoms with Crippen molar-refractivity contribution in [3.63, 3.8) is 0 Å². The zero-order valence-corrected chi connectivity index (χ0v) is 4.72. The third-order valence-electron chi connectivity index (χ3n) is 1.11. The van der Waals surface area contributed by atoms with Crippen LogP contribution in [0.25, 0.3) is 0 Å². The van der Waals surface area contributed by atoms with E-state index in [0.717, 1.165) is 6.42 Å². The lowest BCUT2D eigenvalue weighted by atomic mass is 10.3. The first-order valence-electron chi connectivity index (χ1n) is 2.66. The molecule has 46 valence electrons. The smallest absolute Gasteiger partial charge is 0.430 e. The molecule has 0 N–H and O–H groups in total. The molecule has 1 saturated heterocycles. The second-order valence-corrected chi connectivity index (χ2v) is 1.71. The average Bonchev–Trinajstić information content (AvgIpc) is 2.14. The number of ether oxygens (including phenoxy) is 2. The van der Waals surface area contributed by atoms with E-state index in [4.69, 9.17) is 0 Å². The van der Waals surface area contributed by atoms with Crippen molar-refractivity contribution in [3.05, 3.63) is 0 Å². The lowest BCUT2D eigenvalue weighted by molar-refractivity contribution is 0.117. The summed E-state index contributed by atoms with van der Waals surface area (Å²) in [4.78, 5) is 10.2. The number of carbonyl (C=O) groups excluding carboxylic acids is 1. The summed E-state index contributed by atoms with van der Waals surface area (Å²) < 4.78 is 9.14. The molecule has 1 fully saturated rings. The van der Waals surface area contributed by atoms with Gasteiger partial charge in [0.25, 0.3) is 0 Å². The molecule has 0 aromatic heterocycles. The van der Waals surface area contributed by atoms with Crippen LogP contribution in [0, 0.1) is 0 Å². The van der Waals surface area contributed by atoms with E-state index in [1.165, 1.54) is 0 Å².